The van der Waals surface area contributed by atoms with Crippen LogP contribution >= 0.6 is 0 Å². The van der Waals surface area contributed by atoms with Gasteiger partial charge in [0.15, 0.2) is 0 Å². The van der Waals surface area contributed by atoms with Crippen LogP contribution in [0.1, 0.15) is 105 Å². The molecule has 0 aromatic carbocycles. The number of hydrogen-bond donors (Lipinski definition) is 2. The second-order valence-electron chi connectivity index (χ2n) is 9.91. The second-order valence-corrected chi connectivity index (χ2v) is 9.91. The number of rotatable bonds is 5. The molecule has 0 spiro atoms. The molecule has 26 heavy (non-hydrogen) atoms. The molecule has 0 unspecified atom stereocenters. The molecule has 4 heteroatoms. The average Bonchev–Trinajstić information content (AvgIpc) is 3.19. The first-order valence-electron chi connectivity index (χ1n) is 9.93. The van der Waals surface area contributed by atoms with Crippen molar-refractivity contribution in [3.05, 3.63) is 35.9 Å². The Morgan fingerprint density at radius 1 is 0.923 bits per heavy atom. The molecular formula is C22H40N4. The van der Waals surface area contributed by atoms with Gasteiger partial charge in [-0.2, -0.15) is 0 Å². The summed E-state index contributed by atoms with van der Waals surface area (Å²) in [5.74, 6) is 1.12. The van der Waals surface area contributed by atoms with Crippen molar-refractivity contribution in [1.29, 1.82) is 0 Å². The fourth-order valence-corrected chi connectivity index (χ4v) is 2.92. The highest BCUT2D eigenvalue weighted by molar-refractivity contribution is 5.30. The molecule has 2 N–H and O–H groups in total. The number of H-pyrrole nitrogens is 2. The van der Waals surface area contributed by atoms with E-state index in [1.807, 2.05) is 0 Å². The molecule has 0 saturated carbocycles. The van der Waals surface area contributed by atoms with Crippen LogP contribution in [0.5, 0.6) is 0 Å². The average molecular weight is 361 g/mol. The lowest BCUT2D eigenvalue weighted by atomic mass is 9.78. The predicted octanol–water partition coefficient (Wildman–Crippen LogP) is 6.27. The quantitative estimate of drug-likeness (QED) is 0.617. The van der Waals surface area contributed by atoms with Crippen molar-refractivity contribution < 1.29 is 0 Å². The summed E-state index contributed by atoms with van der Waals surface area (Å²) in [6.07, 6.45) is 10.2. The summed E-state index contributed by atoms with van der Waals surface area (Å²) in [5.41, 5.74) is 2.90. The molecule has 2 heterocycles. The summed E-state index contributed by atoms with van der Waals surface area (Å²) in [6, 6.07) is 0. The van der Waals surface area contributed by atoms with E-state index < -0.39 is 0 Å². The molecule has 2 aromatic rings. The van der Waals surface area contributed by atoms with Gasteiger partial charge in [0.25, 0.3) is 0 Å². The molecule has 0 amide bonds. The fraction of sp³-hybridized carbons (Fsp3) is 0.727. The smallest absolute Gasteiger partial charge is 0.112 e. The predicted molar refractivity (Wildman–Crippen MR) is 112 cm³/mol. The third-order valence-electron chi connectivity index (χ3n) is 4.61. The standard InChI is InChI=1S/C19H36N2.C3H4N2/c1-10-11-12-13-19(8,9)15-14(17(2,3)4)20-16(21-15)18(5,6)7;1-2-5-3-4-1/h10-13H2,1-9H3,(H,20,21);1-3H,(H,4,5). The molecule has 0 aliphatic rings. The van der Waals surface area contributed by atoms with Crippen LogP contribution in [0.15, 0.2) is 18.7 Å². The van der Waals surface area contributed by atoms with E-state index in [-0.39, 0.29) is 16.2 Å². The molecule has 2 aromatic heterocycles. The maximum absolute atomic E-state index is 4.99. The van der Waals surface area contributed by atoms with E-state index in [0.29, 0.717) is 0 Å². The largest absolute Gasteiger partial charge is 0.351 e. The summed E-state index contributed by atoms with van der Waals surface area (Å²) in [6.45, 7) is 20.5. The molecule has 0 bridgehead atoms. The summed E-state index contributed by atoms with van der Waals surface area (Å²) < 4.78 is 0. The Morgan fingerprint density at radius 2 is 1.58 bits per heavy atom. The highest BCUT2D eigenvalue weighted by Gasteiger charge is 2.33. The lowest BCUT2D eigenvalue weighted by Gasteiger charge is -2.28. The van der Waals surface area contributed by atoms with Gasteiger partial charge in [-0.25, -0.2) is 9.97 Å². The molecule has 0 aliphatic carbocycles. The normalized spacial score (nSPS) is 12.7. The van der Waals surface area contributed by atoms with Crippen molar-refractivity contribution >= 4 is 0 Å². The van der Waals surface area contributed by atoms with Crippen molar-refractivity contribution in [3.8, 4) is 0 Å². The maximum Gasteiger partial charge on any atom is 0.112 e. The molecule has 4 nitrogen and oxygen atoms in total. The van der Waals surface area contributed by atoms with Crippen molar-refractivity contribution in [3.63, 3.8) is 0 Å². The summed E-state index contributed by atoms with van der Waals surface area (Å²) in [5, 5.41) is 0. The van der Waals surface area contributed by atoms with Gasteiger partial charge in [0.2, 0.25) is 0 Å². The Bertz CT molecular complexity index is 605. The van der Waals surface area contributed by atoms with Crippen molar-refractivity contribution in [2.45, 2.75) is 104 Å². The number of nitrogens with zero attached hydrogens (tertiary/aromatic N) is 2. The SMILES string of the molecule is CCCCCC(C)(C)c1[nH]c(C(C)(C)C)nc1C(C)(C)C.c1c[nH]cn1. The van der Waals surface area contributed by atoms with Crippen molar-refractivity contribution in [2.75, 3.05) is 0 Å². The minimum absolute atomic E-state index is 0.0672. The highest BCUT2D eigenvalue weighted by Crippen LogP contribution is 2.37. The van der Waals surface area contributed by atoms with Gasteiger partial charge in [-0.15, -0.1) is 0 Å². The van der Waals surface area contributed by atoms with Crippen LogP contribution in [-0.2, 0) is 16.2 Å². The zero-order valence-electron chi connectivity index (χ0n) is 18.5. The van der Waals surface area contributed by atoms with Gasteiger partial charge in [-0.05, 0) is 6.42 Å². The minimum Gasteiger partial charge on any atom is -0.351 e. The van der Waals surface area contributed by atoms with Gasteiger partial charge in [0.1, 0.15) is 5.82 Å². The minimum atomic E-state index is 0.0672. The molecular weight excluding hydrogens is 320 g/mol. The first-order valence-corrected chi connectivity index (χ1v) is 9.93. The number of unbranched alkanes of at least 4 members (excludes halogenated alkanes) is 2. The van der Waals surface area contributed by atoms with Gasteiger partial charge in [0.05, 0.1) is 12.0 Å². The Balaban J connectivity index is 0.000000577. The van der Waals surface area contributed by atoms with Gasteiger partial charge in [-0.1, -0.05) is 81.6 Å². The van der Waals surface area contributed by atoms with E-state index in [9.17, 15) is 0 Å². The van der Waals surface area contributed by atoms with Gasteiger partial charge >= 0.3 is 0 Å². The Morgan fingerprint density at radius 3 is 1.96 bits per heavy atom. The Kier molecular flexibility index (Phi) is 7.67. The maximum atomic E-state index is 4.99. The molecule has 0 atom stereocenters. The van der Waals surface area contributed by atoms with Crippen LogP contribution in [0, 0.1) is 0 Å². The Labute approximate surface area is 160 Å². The third kappa shape index (κ3) is 6.62. The number of aromatic nitrogens is 4. The van der Waals surface area contributed by atoms with Gasteiger partial charge in [-0.3, -0.25) is 0 Å². The van der Waals surface area contributed by atoms with E-state index in [4.69, 9.17) is 4.98 Å². The second kappa shape index (κ2) is 8.88. The topological polar surface area (TPSA) is 57.4 Å². The van der Waals surface area contributed by atoms with Crippen LogP contribution < -0.4 is 0 Å². The van der Waals surface area contributed by atoms with E-state index in [0.717, 1.165) is 5.82 Å². The lowest BCUT2D eigenvalue weighted by molar-refractivity contribution is 0.424. The van der Waals surface area contributed by atoms with Gasteiger partial charge in [0, 0.05) is 34.3 Å². The zero-order valence-corrected chi connectivity index (χ0v) is 18.5. The van der Waals surface area contributed by atoms with E-state index >= 15 is 0 Å². The van der Waals surface area contributed by atoms with E-state index in [2.05, 4.69) is 77.3 Å². The fourth-order valence-electron chi connectivity index (χ4n) is 2.92. The first-order chi connectivity index (χ1) is 11.9. The van der Waals surface area contributed by atoms with Crippen molar-refractivity contribution in [1.82, 2.24) is 19.9 Å². The first kappa shape index (κ1) is 22.5. The van der Waals surface area contributed by atoms with Crippen LogP contribution in [0.3, 0.4) is 0 Å². The molecule has 0 radical (unpaired) electrons. The summed E-state index contributed by atoms with van der Waals surface area (Å²) in [7, 11) is 0. The van der Waals surface area contributed by atoms with Crippen molar-refractivity contribution in [2.24, 2.45) is 0 Å². The molecule has 0 saturated heterocycles. The van der Waals surface area contributed by atoms with Crippen LogP contribution in [0.2, 0.25) is 0 Å². The number of imidazole rings is 2. The van der Waals surface area contributed by atoms with Crippen LogP contribution in [0.25, 0.3) is 0 Å². The molecule has 0 fully saturated rings. The molecule has 0 aliphatic heterocycles. The molecule has 2 rings (SSSR count). The van der Waals surface area contributed by atoms with Crippen LogP contribution in [-0.4, -0.2) is 19.9 Å². The number of aromatic amines is 2. The monoisotopic (exact) mass is 360 g/mol. The Hall–Kier alpha value is -1.58. The summed E-state index contributed by atoms with van der Waals surface area (Å²) in [4.78, 5) is 15.1. The van der Waals surface area contributed by atoms with Crippen LogP contribution in [0.4, 0.5) is 0 Å². The van der Waals surface area contributed by atoms with E-state index in [1.54, 1.807) is 18.7 Å². The zero-order chi connectivity index (χ0) is 20.0. The van der Waals surface area contributed by atoms with Gasteiger partial charge < -0.3 is 9.97 Å². The number of hydrogen-bond acceptors (Lipinski definition) is 2. The lowest BCUT2D eigenvalue weighted by Crippen LogP contribution is -2.24. The molecule has 148 valence electrons. The van der Waals surface area contributed by atoms with E-state index in [1.165, 1.54) is 37.1 Å². The highest BCUT2D eigenvalue weighted by atomic mass is 15.0. The summed E-state index contributed by atoms with van der Waals surface area (Å²) >= 11 is 0. The number of nitrogens with one attached hydrogen (secondary N) is 2. The third-order valence-corrected chi connectivity index (χ3v) is 4.61.